The second-order valence-electron chi connectivity index (χ2n) is 6.21. The van der Waals surface area contributed by atoms with Gasteiger partial charge in [-0.3, -0.25) is 0 Å². The van der Waals surface area contributed by atoms with Crippen LogP contribution in [0.2, 0.25) is 0 Å². The van der Waals surface area contributed by atoms with Gasteiger partial charge in [0.05, 0.1) is 0 Å². The fourth-order valence-electron chi connectivity index (χ4n) is 3.36. The molecular formula is C21H18O. The van der Waals surface area contributed by atoms with E-state index in [0.29, 0.717) is 5.75 Å². The van der Waals surface area contributed by atoms with Crippen LogP contribution >= 0.6 is 0 Å². The van der Waals surface area contributed by atoms with Crippen LogP contribution in [0.5, 0.6) is 5.75 Å². The highest BCUT2D eigenvalue weighted by molar-refractivity contribution is 6.25. The molecule has 1 N–H and O–H groups in total. The molecule has 0 radical (unpaired) electrons. The van der Waals surface area contributed by atoms with Gasteiger partial charge in [0.1, 0.15) is 5.75 Å². The summed E-state index contributed by atoms with van der Waals surface area (Å²) in [5.41, 5.74) is 3.50. The van der Waals surface area contributed by atoms with Gasteiger partial charge in [-0.25, -0.2) is 0 Å². The van der Waals surface area contributed by atoms with Gasteiger partial charge in [-0.2, -0.15) is 0 Å². The number of fused-ring (bicyclic) bond motifs is 6. The minimum atomic E-state index is 0.363. The van der Waals surface area contributed by atoms with E-state index in [1.807, 2.05) is 13.0 Å². The highest BCUT2D eigenvalue weighted by Crippen LogP contribution is 2.38. The van der Waals surface area contributed by atoms with Crippen molar-refractivity contribution in [2.45, 2.75) is 20.8 Å². The van der Waals surface area contributed by atoms with Crippen molar-refractivity contribution in [1.82, 2.24) is 0 Å². The molecule has 4 aromatic carbocycles. The van der Waals surface area contributed by atoms with Crippen LogP contribution in [0.3, 0.4) is 0 Å². The lowest BCUT2D eigenvalue weighted by Gasteiger charge is -2.13. The van der Waals surface area contributed by atoms with Gasteiger partial charge < -0.3 is 5.11 Å². The Morgan fingerprint density at radius 3 is 1.50 bits per heavy atom. The van der Waals surface area contributed by atoms with Crippen LogP contribution in [0.15, 0.2) is 48.5 Å². The summed E-state index contributed by atoms with van der Waals surface area (Å²) in [5, 5.41) is 17.5. The summed E-state index contributed by atoms with van der Waals surface area (Å²) in [6.45, 7) is 6.25. The molecule has 0 spiro atoms. The van der Waals surface area contributed by atoms with Gasteiger partial charge in [-0.15, -0.1) is 0 Å². The first-order valence-corrected chi connectivity index (χ1v) is 7.61. The molecule has 0 fully saturated rings. The van der Waals surface area contributed by atoms with Crippen LogP contribution < -0.4 is 0 Å². The number of aryl methyl sites for hydroxylation is 3. The number of rotatable bonds is 0. The van der Waals surface area contributed by atoms with Crippen LogP contribution in [0.25, 0.3) is 32.3 Å². The quantitative estimate of drug-likeness (QED) is 0.406. The molecular weight excluding hydrogens is 268 g/mol. The van der Waals surface area contributed by atoms with E-state index in [1.165, 1.54) is 38.1 Å². The Hall–Kier alpha value is -2.54. The maximum absolute atomic E-state index is 10.2. The Balaban J connectivity index is 2.40. The van der Waals surface area contributed by atoms with Crippen LogP contribution in [0.1, 0.15) is 16.7 Å². The summed E-state index contributed by atoms with van der Waals surface area (Å²) in [4.78, 5) is 0. The standard InChI is InChI=1S/C21H18O/c1-12-8-17-15-6-4-5-7-16(15)18-10-14(3)21(22)11-20(18)19(17)9-13(12)2/h4-11,22H,1-3H3. The summed E-state index contributed by atoms with van der Waals surface area (Å²) in [6.07, 6.45) is 0. The largest absolute Gasteiger partial charge is 0.508 e. The highest BCUT2D eigenvalue weighted by atomic mass is 16.3. The molecule has 0 aliphatic rings. The molecule has 4 rings (SSSR count). The first-order chi connectivity index (χ1) is 10.6. The van der Waals surface area contributed by atoms with Gasteiger partial charge in [0.25, 0.3) is 0 Å². The lowest BCUT2D eigenvalue weighted by atomic mass is 9.91. The molecule has 4 aromatic rings. The fourth-order valence-corrected chi connectivity index (χ4v) is 3.36. The third-order valence-electron chi connectivity index (χ3n) is 4.77. The number of phenols is 1. The summed E-state index contributed by atoms with van der Waals surface area (Å²) in [6, 6.07) is 17.1. The Labute approximate surface area is 129 Å². The minimum absolute atomic E-state index is 0.363. The Kier molecular flexibility index (Phi) is 2.67. The average molecular weight is 286 g/mol. The highest BCUT2D eigenvalue weighted by Gasteiger charge is 2.11. The molecule has 0 aliphatic heterocycles. The zero-order valence-corrected chi connectivity index (χ0v) is 13.1. The Bertz CT molecular complexity index is 972. The van der Waals surface area contributed by atoms with E-state index in [4.69, 9.17) is 0 Å². The van der Waals surface area contributed by atoms with Gasteiger partial charge in [0, 0.05) is 0 Å². The predicted molar refractivity (Wildman–Crippen MR) is 94.8 cm³/mol. The third-order valence-corrected chi connectivity index (χ3v) is 4.77. The molecule has 1 nitrogen and oxygen atoms in total. The van der Waals surface area contributed by atoms with E-state index in [9.17, 15) is 5.11 Å². The van der Waals surface area contributed by atoms with Crippen LogP contribution in [-0.2, 0) is 0 Å². The van der Waals surface area contributed by atoms with Gasteiger partial charge in [0.2, 0.25) is 0 Å². The zero-order valence-electron chi connectivity index (χ0n) is 13.1. The average Bonchev–Trinajstić information content (AvgIpc) is 2.51. The lowest BCUT2D eigenvalue weighted by molar-refractivity contribution is 0.472. The predicted octanol–water partition coefficient (Wildman–Crippen LogP) is 5.78. The van der Waals surface area contributed by atoms with Gasteiger partial charge >= 0.3 is 0 Å². The number of hydrogen-bond donors (Lipinski definition) is 1. The monoisotopic (exact) mass is 286 g/mol. The molecule has 0 amide bonds. The second-order valence-corrected chi connectivity index (χ2v) is 6.21. The molecule has 0 saturated carbocycles. The van der Waals surface area contributed by atoms with Crippen molar-refractivity contribution in [2.24, 2.45) is 0 Å². The zero-order chi connectivity index (χ0) is 15.4. The van der Waals surface area contributed by atoms with Crippen molar-refractivity contribution >= 4 is 32.3 Å². The molecule has 0 aliphatic carbocycles. The van der Waals surface area contributed by atoms with Crippen molar-refractivity contribution in [3.63, 3.8) is 0 Å². The second kappa shape index (κ2) is 4.48. The van der Waals surface area contributed by atoms with Gasteiger partial charge in [0.15, 0.2) is 0 Å². The van der Waals surface area contributed by atoms with Crippen molar-refractivity contribution < 1.29 is 5.11 Å². The van der Waals surface area contributed by atoms with E-state index < -0.39 is 0 Å². The molecule has 22 heavy (non-hydrogen) atoms. The smallest absolute Gasteiger partial charge is 0.119 e. The van der Waals surface area contributed by atoms with Crippen LogP contribution in [0.4, 0.5) is 0 Å². The van der Waals surface area contributed by atoms with Crippen molar-refractivity contribution in [3.8, 4) is 5.75 Å². The van der Waals surface area contributed by atoms with E-state index in [-0.39, 0.29) is 0 Å². The summed E-state index contributed by atoms with van der Waals surface area (Å²) >= 11 is 0. The molecule has 0 bridgehead atoms. The number of aromatic hydroxyl groups is 1. The van der Waals surface area contributed by atoms with E-state index in [1.54, 1.807) is 0 Å². The molecule has 108 valence electrons. The molecule has 0 aromatic heterocycles. The van der Waals surface area contributed by atoms with E-state index in [0.717, 1.165) is 10.9 Å². The molecule has 0 atom stereocenters. The number of hydrogen-bond acceptors (Lipinski definition) is 1. The number of phenolic OH excluding ortho intramolecular Hbond substituents is 1. The van der Waals surface area contributed by atoms with Crippen molar-refractivity contribution in [3.05, 3.63) is 65.2 Å². The normalized spacial score (nSPS) is 11.6. The van der Waals surface area contributed by atoms with Crippen LogP contribution in [-0.4, -0.2) is 5.11 Å². The summed E-state index contributed by atoms with van der Waals surface area (Å²) in [7, 11) is 0. The molecule has 0 unspecified atom stereocenters. The first kappa shape index (κ1) is 13.1. The maximum Gasteiger partial charge on any atom is 0.119 e. The number of benzene rings is 4. The van der Waals surface area contributed by atoms with Crippen LogP contribution in [0, 0.1) is 20.8 Å². The Morgan fingerprint density at radius 2 is 0.955 bits per heavy atom. The first-order valence-electron chi connectivity index (χ1n) is 7.61. The van der Waals surface area contributed by atoms with Crippen molar-refractivity contribution in [2.75, 3.05) is 0 Å². The van der Waals surface area contributed by atoms with E-state index >= 15 is 0 Å². The summed E-state index contributed by atoms with van der Waals surface area (Å²) in [5.74, 6) is 0.363. The molecule has 0 heterocycles. The van der Waals surface area contributed by atoms with Crippen molar-refractivity contribution in [1.29, 1.82) is 0 Å². The third kappa shape index (κ3) is 1.72. The fraction of sp³-hybridized carbons (Fsp3) is 0.143. The molecule has 0 saturated heterocycles. The van der Waals surface area contributed by atoms with Gasteiger partial charge in [-0.05, 0) is 81.9 Å². The van der Waals surface area contributed by atoms with Gasteiger partial charge in [-0.1, -0.05) is 36.4 Å². The summed E-state index contributed by atoms with van der Waals surface area (Å²) < 4.78 is 0. The SMILES string of the molecule is Cc1cc2c3ccccc3c3cc(C)c(O)cc3c2cc1C. The minimum Gasteiger partial charge on any atom is -0.508 e. The van der Waals surface area contributed by atoms with E-state index in [2.05, 4.69) is 56.3 Å². The molecule has 1 heteroatoms. The Morgan fingerprint density at radius 1 is 0.545 bits per heavy atom. The lowest BCUT2D eigenvalue weighted by Crippen LogP contribution is -1.88. The maximum atomic E-state index is 10.2. The topological polar surface area (TPSA) is 20.2 Å².